The lowest BCUT2D eigenvalue weighted by molar-refractivity contribution is 0.623. The number of halogens is 1. The molecular formula is C16H18FN. The Kier molecular flexibility index (Phi) is 3.48. The van der Waals surface area contributed by atoms with Crippen molar-refractivity contribution in [2.45, 2.75) is 26.8 Å². The second-order valence-electron chi connectivity index (χ2n) is 4.84. The molecule has 2 aromatic rings. The summed E-state index contributed by atoms with van der Waals surface area (Å²) in [5.41, 5.74) is 11.4. The first-order valence-corrected chi connectivity index (χ1v) is 6.08. The molecule has 0 aromatic heterocycles. The molecule has 0 amide bonds. The van der Waals surface area contributed by atoms with Crippen molar-refractivity contribution in [2.24, 2.45) is 5.73 Å². The van der Waals surface area contributed by atoms with E-state index in [1.54, 1.807) is 0 Å². The van der Waals surface area contributed by atoms with Gasteiger partial charge in [0, 0.05) is 0 Å². The maximum Gasteiger partial charge on any atom is 0.123 e. The van der Waals surface area contributed by atoms with Crippen molar-refractivity contribution in [3.05, 3.63) is 70.0 Å². The third-order valence-corrected chi connectivity index (χ3v) is 3.31. The van der Waals surface area contributed by atoms with Gasteiger partial charge in [0.25, 0.3) is 0 Å². The first-order chi connectivity index (χ1) is 8.49. The SMILES string of the molecule is Cc1ccc(C(N)c2c(C)cc(F)cc2C)cc1. The average molecular weight is 243 g/mol. The zero-order chi connectivity index (χ0) is 13.3. The van der Waals surface area contributed by atoms with Crippen molar-refractivity contribution in [3.8, 4) is 0 Å². The molecule has 18 heavy (non-hydrogen) atoms. The van der Waals surface area contributed by atoms with Crippen molar-refractivity contribution in [1.82, 2.24) is 0 Å². The molecule has 2 heteroatoms. The fourth-order valence-electron chi connectivity index (χ4n) is 2.35. The number of aryl methyl sites for hydroxylation is 3. The Hall–Kier alpha value is -1.67. The molecule has 1 nitrogen and oxygen atoms in total. The van der Waals surface area contributed by atoms with Crippen LogP contribution in [0.2, 0.25) is 0 Å². The Balaban J connectivity index is 2.46. The second-order valence-corrected chi connectivity index (χ2v) is 4.84. The largest absolute Gasteiger partial charge is 0.320 e. The molecular weight excluding hydrogens is 225 g/mol. The highest BCUT2D eigenvalue weighted by Crippen LogP contribution is 2.26. The minimum absolute atomic E-state index is 0.203. The lowest BCUT2D eigenvalue weighted by Gasteiger charge is -2.18. The van der Waals surface area contributed by atoms with E-state index >= 15 is 0 Å². The Morgan fingerprint density at radius 1 is 0.944 bits per heavy atom. The zero-order valence-corrected chi connectivity index (χ0v) is 11.0. The van der Waals surface area contributed by atoms with Gasteiger partial charge in [-0.25, -0.2) is 4.39 Å². The van der Waals surface area contributed by atoms with Gasteiger partial charge in [0.1, 0.15) is 5.82 Å². The van der Waals surface area contributed by atoms with E-state index in [9.17, 15) is 4.39 Å². The van der Waals surface area contributed by atoms with Crippen LogP contribution in [0, 0.1) is 26.6 Å². The Labute approximate surface area is 107 Å². The van der Waals surface area contributed by atoms with Crippen LogP contribution >= 0.6 is 0 Å². The van der Waals surface area contributed by atoms with E-state index in [2.05, 4.69) is 0 Å². The fourth-order valence-corrected chi connectivity index (χ4v) is 2.35. The molecule has 2 aromatic carbocycles. The van der Waals surface area contributed by atoms with Gasteiger partial charge in [-0.3, -0.25) is 0 Å². The highest BCUT2D eigenvalue weighted by Gasteiger charge is 2.14. The van der Waals surface area contributed by atoms with Gasteiger partial charge < -0.3 is 5.73 Å². The molecule has 0 aliphatic carbocycles. The molecule has 94 valence electrons. The summed E-state index contributed by atoms with van der Waals surface area (Å²) in [6, 6.07) is 11.0. The molecule has 0 heterocycles. The number of hydrogen-bond acceptors (Lipinski definition) is 1. The second kappa shape index (κ2) is 4.91. The van der Waals surface area contributed by atoms with Crippen LogP contribution in [0.25, 0.3) is 0 Å². The van der Waals surface area contributed by atoms with Crippen LogP contribution in [0.1, 0.15) is 33.9 Å². The van der Waals surface area contributed by atoms with Crippen LogP contribution < -0.4 is 5.73 Å². The average Bonchev–Trinajstić information content (AvgIpc) is 2.28. The summed E-state index contributed by atoms with van der Waals surface area (Å²) in [5.74, 6) is -0.204. The molecule has 0 radical (unpaired) electrons. The number of benzene rings is 2. The predicted octanol–water partition coefficient (Wildman–Crippen LogP) is 3.80. The standard InChI is InChI=1S/C16H18FN/c1-10-4-6-13(7-5-10)16(18)15-11(2)8-14(17)9-12(15)3/h4-9,16H,18H2,1-3H3. The summed E-state index contributed by atoms with van der Waals surface area (Å²) < 4.78 is 13.3. The number of rotatable bonds is 2. The summed E-state index contributed by atoms with van der Waals surface area (Å²) in [4.78, 5) is 0. The van der Waals surface area contributed by atoms with E-state index in [1.807, 2.05) is 45.0 Å². The topological polar surface area (TPSA) is 26.0 Å². The van der Waals surface area contributed by atoms with Crippen LogP contribution in [-0.4, -0.2) is 0 Å². The van der Waals surface area contributed by atoms with E-state index < -0.39 is 0 Å². The molecule has 0 fully saturated rings. The summed E-state index contributed by atoms with van der Waals surface area (Å²) in [7, 11) is 0. The fraction of sp³-hybridized carbons (Fsp3) is 0.250. The summed E-state index contributed by atoms with van der Waals surface area (Å²) >= 11 is 0. The van der Waals surface area contributed by atoms with Crippen LogP contribution in [-0.2, 0) is 0 Å². The predicted molar refractivity (Wildman–Crippen MR) is 73.1 cm³/mol. The quantitative estimate of drug-likeness (QED) is 0.853. The maximum atomic E-state index is 13.3. The van der Waals surface area contributed by atoms with Gasteiger partial charge in [-0.1, -0.05) is 29.8 Å². The molecule has 0 saturated carbocycles. The third kappa shape index (κ3) is 2.44. The van der Waals surface area contributed by atoms with Gasteiger partial charge >= 0.3 is 0 Å². The van der Waals surface area contributed by atoms with E-state index in [4.69, 9.17) is 5.73 Å². The van der Waals surface area contributed by atoms with Crippen LogP contribution in [0.4, 0.5) is 4.39 Å². The van der Waals surface area contributed by atoms with Gasteiger partial charge in [-0.15, -0.1) is 0 Å². The van der Waals surface area contributed by atoms with E-state index in [1.165, 1.54) is 17.7 Å². The highest BCUT2D eigenvalue weighted by atomic mass is 19.1. The zero-order valence-electron chi connectivity index (χ0n) is 11.0. The highest BCUT2D eigenvalue weighted by molar-refractivity contribution is 5.42. The number of hydrogen-bond donors (Lipinski definition) is 1. The molecule has 2 rings (SSSR count). The van der Waals surface area contributed by atoms with Gasteiger partial charge in [-0.05, 0) is 55.2 Å². The summed E-state index contributed by atoms with van der Waals surface area (Å²) in [6.45, 7) is 5.85. The van der Waals surface area contributed by atoms with Crippen molar-refractivity contribution in [1.29, 1.82) is 0 Å². The Bertz CT molecular complexity index is 535. The Morgan fingerprint density at radius 3 is 1.94 bits per heavy atom. The van der Waals surface area contributed by atoms with Crippen LogP contribution in [0.5, 0.6) is 0 Å². The monoisotopic (exact) mass is 243 g/mol. The maximum absolute atomic E-state index is 13.3. The first-order valence-electron chi connectivity index (χ1n) is 6.08. The van der Waals surface area contributed by atoms with Crippen molar-refractivity contribution in [2.75, 3.05) is 0 Å². The first kappa shape index (κ1) is 12.8. The number of nitrogens with two attached hydrogens (primary N) is 1. The van der Waals surface area contributed by atoms with Crippen LogP contribution in [0.15, 0.2) is 36.4 Å². The summed E-state index contributed by atoms with van der Waals surface area (Å²) in [5, 5.41) is 0. The molecule has 2 N–H and O–H groups in total. The Morgan fingerprint density at radius 2 is 1.44 bits per heavy atom. The smallest absolute Gasteiger partial charge is 0.123 e. The van der Waals surface area contributed by atoms with E-state index in [0.717, 1.165) is 22.3 Å². The lowest BCUT2D eigenvalue weighted by atomic mass is 9.91. The molecule has 1 atom stereocenters. The summed E-state index contributed by atoms with van der Waals surface area (Å²) in [6.07, 6.45) is 0. The van der Waals surface area contributed by atoms with Gasteiger partial charge in [0.15, 0.2) is 0 Å². The minimum atomic E-state index is -0.204. The molecule has 0 saturated heterocycles. The third-order valence-electron chi connectivity index (χ3n) is 3.31. The van der Waals surface area contributed by atoms with Crippen LogP contribution in [0.3, 0.4) is 0 Å². The lowest BCUT2D eigenvalue weighted by Crippen LogP contribution is -2.15. The molecule has 1 unspecified atom stereocenters. The van der Waals surface area contributed by atoms with Gasteiger partial charge in [0.05, 0.1) is 6.04 Å². The van der Waals surface area contributed by atoms with E-state index in [0.29, 0.717) is 0 Å². The molecule has 0 spiro atoms. The molecule has 0 aliphatic heterocycles. The van der Waals surface area contributed by atoms with Crippen molar-refractivity contribution >= 4 is 0 Å². The minimum Gasteiger partial charge on any atom is -0.320 e. The van der Waals surface area contributed by atoms with E-state index in [-0.39, 0.29) is 11.9 Å². The molecule has 0 aliphatic rings. The van der Waals surface area contributed by atoms with Crippen molar-refractivity contribution in [3.63, 3.8) is 0 Å². The molecule has 0 bridgehead atoms. The van der Waals surface area contributed by atoms with Crippen molar-refractivity contribution < 1.29 is 4.39 Å². The van der Waals surface area contributed by atoms with Gasteiger partial charge in [-0.2, -0.15) is 0 Å². The normalized spacial score (nSPS) is 12.5. The van der Waals surface area contributed by atoms with Gasteiger partial charge in [0.2, 0.25) is 0 Å².